The largest absolute Gasteiger partial charge is 0.406 e. The van der Waals surface area contributed by atoms with Crippen LogP contribution in [0.15, 0.2) is 41.8 Å². The Labute approximate surface area is 245 Å². The molecule has 3 heterocycles. The van der Waals surface area contributed by atoms with Gasteiger partial charge in [0.15, 0.2) is 11.9 Å². The zero-order chi connectivity index (χ0) is 30.5. The molecule has 4 rings (SSSR count). The van der Waals surface area contributed by atoms with Crippen LogP contribution in [-0.2, 0) is 18.3 Å². The lowest BCUT2D eigenvalue weighted by atomic mass is 9.93. The fourth-order valence-corrected chi connectivity index (χ4v) is 6.79. The van der Waals surface area contributed by atoms with Gasteiger partial charge in [-0.3, -0.25) is 13.6 Å². The molecule has 1 aromatic carbocycles. The van der Waals surface area contributed by atoms with Gasteiger partial charge in [0, 0.05) is 11.0 Å². The van der Waals surface area contributed by atoms with E-state index in [4.69, 9.17) is 19.5 Å². The number of aromatic nitrogens is 4. The molecule has 1 aliphatic heterocycles. The number of nitrogens with two attached hydrogens (primary N) is 1. The summed E-state index contributed by atoms with van der Waals surface area (Å²) in [6.07, 6.45) is 0.725. The van der Waals surface area contributed by atoms with Crippen molar-refractivity contribution in [1.29, 1.82) is 0 Å². The number of nitrogens with one attached hydrogen (secondary N) is 1. The summed E-state index contributed by atoms with van der Waals surface area (Å²) >= 11 is 0. The number of rotatable bonds is 14. The van der Waals surface area contributed by atoms with Gasteiger partial charge >= 0.3 is 7.75 Å². The molecular weight excluding hydrogens is 561 g/mol. The van der Waals surface area contributed by atoms with Crippen molar-refractivity contribution >= 4 is 24.9 Å². The van der Waals surface area contributed by atoms with E-state index >= 15 is 0 Å². The Kier molecular flexibility index (Phi) is 10.2. The lowest BCUT2D eigenvalue weighted by Gasteiger charge is -2.29. The monoisotopic (exact) mass is 601 g/mol. The Morgan fingerprint density at radius 2 is 2.07 bits per heavy atom. The minimum Gasteiger partial charge on any atom is -0.389 e. The molecular formula is C27H40N9O5P. The van der Waals surface area contributed by atoms with Crippen molar-refractivity contribution in [2.24, 2.45) is 5.11 Å². The summed E-state index contributed by atoms with van der Waals surface area (Å²) in [5.74, 6) is 0.0379. The molecule has 1 aliphatic rings. The molecule has 0 aliphatic carbocycles. The first-order valence-corrected chi connectivity index (χ1v) is 15.7. The van der Waals surface area contributed by atoms with Gasteiger partial charge in [-0.15, -0.1) is 0 Å². The number of aliphatic hydroxyl groups excluding tert-OH is 1. The molecule has 0 saturated carbocycles. The van der Waals surface area contributed by atoms with Gasteiger partial charge in [0.25, 0.3) is 0 Å². The van der Waals surface area contributed by atoms with Gasteiger partial charge in [-0.05, 0) is 44.7 Å². The van der Waals surface area contributed by atoms with Crippen LogP contribution in [0.3, 0.4) is 0 Å². The summed E-state index contributed by atoms with van der Waals surface area (Å²) in [6.45, 7) is 8.92. The number of hydrogen-bond acceptors (Lipinski definition) is 10. The molecule has 0 radical (unpaired) electrons. The molecule has 1 fully saturated rings. The fraction of sp³-hybridized carbons (Fsp3) is 0.593. The van der Waals surface area contributed by atoms with Gasteiger partial charge in [-0.25, -0.2) is 19.6 Å². The summed E-state index contributed by atoms with van der Waals surface area (Å²) in [7, 11) is -3.92. The molecule has 1 saturated heterocycles. The molecule has 2 aromatic heterocycles. The molecule has 0 bridgehead atoms. The zero-order valence-corrected chi connectivity index (χ0v) is 25.5. The number of unbranched alkanes of at least 4 members (excludes halogenated alkanes) is 1. The van der Waals surface area contributed by atoms with Crippen LogP contribution < -0.4 is 10.8 Å². The Bertz CT molecular complexity index is 1450. The summed E-state index contributed by atoms with van der Waals surface area (Å²) in [6, 6.07) is 9.41. The van der Waals surface area contributed by atoms with Crippen molar-refractivity contribution in [2.45, 2.75) is 96.4 Å². The molecule has 7 atom stereocenters. The molecule has 1 unspecified atom stereocenters. The zero-order valence-electron chi connectivity index (χ0n) is 24.6. The van der Waals surface area contributed by atoms with Crippen molar-refractivity contribution in [3.63, 3.8) is 0 Å². The number of ether oxygens (including phenoxy) is 1. The van der Waals surface area contributed by atoms with E-state index in [2.05, 4.69) is 37.0 Å². The highest BCUT2D eigenvalue weighted by molar-refractivity contribution is 7.51. The number of benzene rings is 1. The predicted molar refractivity (Wildman–Crippen MR) is 158 cm³/mol. The SMILES string of the molecule is CCCC[C@@H](OP(=O)(N[C@@H](C)CC)OC[C@H]1O[C@@H](n2cnc3c(C)nc(N)nc32)[C@](C)(N=[N+]=[N-])[C@@H]1O)c1ccccc1. The smallest absolute Gasteiger partial charge is 0.389 e. The topological polar surface area (TPSA) is 195 Å². The Hall–Kier alpha value is -3.09. The van der Waals surface area contributed by atoms with Crippen LogP contribution in [0.25, 0.3) is 21.6 Å². The molecule has 15 heteroatoms. The molecule has 14 nitrogen and oxygen atoms in total. The van der Waals surface area contributed by atoms with Gasteiger partial charge in [0.05, 0.1) is 30.8 Å². The van der Waals surface area contributed by atoms with E-state index in [1.165, 1.54) is 6.33 Å². The van der Waals surface area contributed by atoms with Crippen molar-refractivity contribution < 1.29 is 23.5 Å². The van der Waals surface area contributed by atoms with Crippen molar-refractivity contribution in [1.82, 2.24) is 24.6 Å². The van der Waals surface area contributed by atoms with Crippen LogP contribution in [0.2, 0.25) is 0 Å². The first-order valence-electron chi connectivity index (χ1n) is 14.2. The first-order chi connectivity index (χ1) is 20.0. The van der Waals surface area contributed by atoms with Gasteiger partial charge in [-0.2, -0.15) is 4.98 Å². The van der Waals surface area contributed by atoms with Crippen LogP contribution in [0.1, 0.15) is 77.0 Å². The summed E-state index contributed by atoms with van der Waals surface area (Å²) in [5.41, 5.74) is 16.1. The lowest BCUT2D eigenvalue weighted by Crippen LogP contribution is -2.42. The highest BCUT2D eigenvalue weighted by Gasteiger charge is 2.55. The third-order valence-electron chi connectivity index (χ3n) is 7.54. The molecule has 4 N–H and O–H groups in total. The van der Waals surface area contributed by atoms with Crippen LogP contribution >= 0.6 is 7.75 Å². The van der Waals surface area contributed by atoms with Crippen LogP contribution in [0.4, 0.5) is 5.95 Å². The molecule has 228 valence electrons. The Morgan fingerprint density at radius 1 is 1.33 bits per heavy atom. The Balaban J connectivity index is 1.62. The maximum absolute atomic E-state index is 14.2. The van der Waals surface area contributed by atoms with E-state index in [0.29, 0.717) is 29.7 Å². The van der Waals surface area contributed by atoms with Gasteiger partial charge < -0.3 is 15.6 Å². The number of azide groups is 1. The quantitative estimate of drug-likeness (QED) is 0.0917. The number of anilines is 1. The lowest BCUT2D eigenvalue weighted by molar-refractivity contribution is -0.0447. The minimum absolute atomic E-state index is 0.0379. The predicted octanol–water partition coefficient (Wildman–Crippen LogP) is 5.51. The van der Waals surface area contributed by atoms with E-state index in [1.54, 1.807) is 18.4 Å². The third kappa shape index (κ3) is 6.76. The highest BCUT2D eigenvalue weighted by Crippen LogP contribution is 2.51. The minimum atomic E-state index is -3.92. The number of fused-ring (bicyclic) bond motifs is 1. The van der Waals surface area contributed by atoms with Crippen molar-refractivity contribution in [2.75, 3.05) is 12.3 Å². The molecule has 42 heavy (non-hydrogen) atoms. The number of aliphatic hydroxyl groups is 1. The number of hydrogen-bond donors (Lipinski definition) is 3. The molecule has 0 spiro atoms. The fourth-order valence-electron chi connectivity index (χ4n) is 4.97. The molecule has 0 amide bonds. The third-order valence-corrected chi connectivity index (χ3v) is 9.32. The van der Waals surface area contributed by atoms with Gasteiger partial charge in [0.1, 0.15) is 17.2 Å². The standard InChI is InChI=1S/C27H40N9O5P/c1-6-8-14-20(19-12-10-9-11-13-19)41-42(38,33-17(3)7-2)39-15-21-23(37)27(5,34-35-29)25(40-21)36-16-30-22-18(4)31-26(28)32-24(22)36/h9-13,16-17,20-21,23,25,37H,6-8,14-15H2,1-5H3,(H,33,38)(H2,28,31,32)/t17-,20+,21+,23+,25+,27+,42?/m0/s1. The van der Waals surface area contributed by atoms with Gasteiger partial charge in [-0.1, -0.05) is 62.1 Å². The maximum Gasteiger partial charge on any atom is 0.406 e. The van der Waals surface area contributed by atoms with E-state index in [-0.39, 0.29) is 18.6 Å². The average molecular weight is 602 g/mol. The first kappa shape index (κ1) is 31.8. The van der Waals surface area contributed by atoms with Crippen molar-refractivity contribution in [3.05, 3.63) is 58.4 Å². The van der Waals surface area contributed by atoms with E-state index in [1.807, 2.05) is 44.2 Å². The number of imidazole rings is 1. The second kappa shape index (κ2) is 13.5. The van der Waals surface area contributed by atoms with Crippen molar-refractivity contribution in [3.8, 4) is 0 Å². The normalized spacial score (nSPS) is 25.1. The van der Waals surface area contributed by atoms with Crippen LogP contribution in [0.5, 0.6) is 0 Å². The average Bonchev–Trinajstić information content (AvgIpc) is 3.49. The van der Waals surface area contributed by atoms with Gasteiger partial charge in [0.2, 0.25) is 5.95 Å². The van der Waals surface area contributed by atoms with E-state index in [9.17, 15) is 15.2 Å². The summed E-state index contributed by atoms with van der Waals surface area (Å²) in [5, 5.41) is 18.3. The van der Waals surface area contributed by atoms with Crippen LogP contribution in [-0.4, -0.2) is 55.0 Å². The molecule has 3 aromatic rings. The van der Waals surface area contributed by atoms with E-state index in [0.717, 1.165) is 18.4 Å². The highest BCUT2D eigenvalue weighted by atomic mass is 31.2. The Morgan fingerprint density at radius 3 is 2.74 bits per heavy atom. The maximum atomic E-state index is 14.2. The number of nitrogen functional groups attached to an aromatic ring is 1. The van der Waals surface area contributed by atoms with Crippen LogP contribution in [0, 0.1) is 6.92 Å². The second-order valence-electron chi connectivity index (χ2n) is 10.8. The summed E-state index contributed by atoms with van der Waals surface area (Å²) < 4.78 is 34.2. The summed E-state index contributed by atoms with van der Waals surface area (Å²) in [4.78, 5) is 15.8. The second-order valence-corrected chi connectivity index (χ2v) is 12.5. The van der Waals surface area contributed by atoms with E-state index < -0.39 is 37.8 Å². The number of aryl methyl sites for hydroxylation is 1. The number of nitrogens with zero attached hydrogens (tertiary/aromatic N) is 7.